The molecule has 0 aromatic heterocycles. The maximum Gasteiger partial charge on any atom is 0.326 e. The van der Waals surface area contributed by atoms with Gasteiger partial charge in [0.1, 0.15) is 12.1 Å². The third kappa shape index (κ3) is 4.39. The average Bonchev–Trinajstić information content (AvgIpc) is 2.94. The van der Waals surface area contributed by atoms with Crippen molar-refractivity contribution in [1.82, 2.24) is 10.2 Å². The molecule has 2 aliphatic rings. The number of benzene rings is 1. The Morgan fingerprint density at radius 3 is 2.79 bits per heavy atom. The van der Waals surface area contributed by atoms with Crippen molar-refractivity contribution >= 4 is 41.3 Å². The van der Waals surface area contributed by atoms with Gasteiger partial charge in [-0.25, -0.2) is 4.79 Å². The van der Waals surface area contributed by atoms with E-state index in [2.05, 4.69) is 10.6 Å². The van der Waals surface area contributed by atoms with E-state index in [0.29, 0.717) is 12.1 Å². The summed E-state index contributed by atoms with van der Waals surface area (Å²) in [4.78, 5) is 51.1. The van der Waals surface area contributed by atoms with Gasteiger partial charge in [0.25, 0.3) is 11.8 Å². The number of nitrogens with one attached hydrogen (secondary N) is 2. The predicted molar refractivity (Wildman–Crippen MR) is 108 cm³/mol. The monoisotopic (exact) mass is 419 g/mol. The molecule has 2 N–H and O–H groups in total. The van der Waals surface area contributed by atoms with Gasteiger partial charge in [-0.2, -0.15) is 0 Å². The molecule has 1 saturated carbocycles. The Balaban J connectivity index is 1.53. The summed E-state index contributed by atoms with van der Waals surface area (Å²) in [6.07, 6.45) is 5.18. The molecule has 1 heterocycles. The third-order valence-corrected chi connectivity index (χ3v) is 6.33. The maximum atomic E-state index is 12.8. The standard InChI is InChI=1S/C20H25N3O5S/c1-13-7-5-6-10-20(13)18(26)23(19(27)22-20)11-17(25)28-12-16(24)21-14-8-3-4-9-15(14)29-2/h3-4,8-9,13H,5-7,10-12H2,1-2H3,(H,21,24)(H,22,27)/t13-,20+/m1/s1. The molecule has 0 bridgehead atoms. The van der Waals surface area contributed by atoms with Crippen molar-refractivity contribution in [3.8, 4) is 0 Å². The van der Waals surface area contributed by atoms with E-state index >= 15 is 0 Å². The van der Waals surface area contributed by atoms with Crippen molar-refractivity contribution < 1.29 is 23.9 Å². The molecule has 0 radical (unpaired) electrons. The molecule has 1 spiro atoms. The van der Waals surface area contributed by atoms with Gasteiger partial charge in [-0.15, -0.1) is 11.8 Å². The first kappa shape index (κ1) is 21.2. The molecular weight excluding hydrogens is 394 g/mol. The second kappa shape index (κ2) is 8.86. The number of carbonyl (C=O) groups is 4. The fraction of sp³-hybridized carbons (Fsp3) is 0.500. The minimum absolute atomic E-state index is 0.0102. The van der Waals surface area contributed by atoms with Gasteiger partial charge in [-0.3, -0.25) is 19.3 Å². The third-order valence-electron chi connectivity index (χ3n) is 5.53. The summed E-state index contributed by atoms with van der Waals surface area (Å²) in [5, 5.41) is 5.47. The first-order valence-electron chi connectivity index (χ1n) is 9.60. The smallest absolute Gasteiger partial charge is 0.326 e. The highest BCUT2D eigenvalue weighted by Crippen LogP contribution is 2.38. The first-order valence-corrected chi connectivity index (χ1v) is 10.8. The zero-order valence-corrected chi connectivity index (χ0v) is 17.3. The molecule has 2 fully saturated rings. The zero-order chi connectivity index (χ0) is 21.0. The molecule has 4 amide bonds. The maximum absolute atomic E-state index is 12.8. The van der Waals surface area contributed by atoms with E-state index in [-0.39, 0.29) is 11.8 Å². The van der Waals surface area contributed by atoms with E-state index in [1.807, 2.05) is 25.3 Å². The number of esters is 1. The van der Waals surface area contributed by atoms with Crippen LogP contribution in [0.4, 0.5) is 10.5 Å². The second-order valence-electron chi connectivity index (χ2n) is 7.35. The van der Waals surface area contributed by atoms with Gasteiger partial charge in [0, 0.05) is 4.90 Å². The van der Waals surface area contributed by atoms with Crippen molar-refractivity contribution in [1.29, 1.82) is 0 Å². The number of anilines is 1. The zero-order valence-electron chi connectivity index (χ0n) is 16.5. The van der Waals surface area contributed by atoms with Gasteiger partial charge in [0.15, 0.2) is 6.61 Å². The van der Waals surface area contributed by atoms with Gasteiger partial charge >= 0.3 is 12.0 Å². The van der Waals surface area contributed by atoms with Crippen LogP contribution >= 0.6 is 11.8 Å². The van der Waals surface area contributed by atoms with Crippen molar-refractivity contribution in [3.05, 3.63) is 24.3 Å². The Labute approximate surface area is 173 Å². The number of hydrogen-bond acceptors (Lipinski definition) is 6. The highest BCUT2D eigenvalue weighted by molar-refractivity contribution is 7.98. The van der Waals surface area contributed by atoms with E-state index in [1.54, 1.807) is 12.1 Å². The van der Waals surface area contributed by atoms with Crippen molar-refractivity contribution in [3.63, 3.8) is 0 Å². The van der Waals surface area contributed by atoms with Gasteiger partial charge in [-0.05, 0) is 37.1 Å². The lowest BCUT2D eigenvalue weighted by Gasteiger charge is -2.36. The van der Waals surface area contributed by atoms with Crippen LogP contribution in [-0.2, 0) is 19.1 Å². The van der Waals surface area contributed by atoms with E-state index in [9.17, 15) is 19.2 Å². The number of thioether (sulfide) groups is 1. The number of para-hydroxylation sites is 1. The summed E-state index contributed by atoms with van der Waals surface area (Å²) in [5.41, 5.74) is -0.294. The molecule has 1 aromatic carbocycles. The number of amides is 4. The summed E-state index contributed by atoms with van der Waals surface area (Å²) in [7, 11) is 0. The van der Waals surface area contributed by atoms with Crippen LogP contribution in [0.3, 0.4) is 0 Å². The van der Waals surface area contributed by atoms with Crippen molar-refractivity contribution in [2.75, 3.05) is 24.7 Å². The fourth-order valence-corrected chi connectivity index (χ4v) is 4.45. The molecule has 1 aliphatic carbocycles. The molecule has 3 rings (SSSR count). The summed E-state index contributed by atoms with van der Waals surface area (Å²) >= 11 is 1.48. The Morgan fingerprint density at radius 1 is 1.31 bits per heavy atom. The van der Waals surface area contributed by atoms with E-state index < -0.39 is 36.6 Å². The highest BCUT2D eigenvalue weighted by atomic mass is 32.2. The SMILES string of the molecule is CSc1ccccc1NC(=O)COC(=O)CN1C(=O)N[C@]2(CCCC[C@H]2C)C1=O. The van der Waals surface area contributed by atoms with Crippen LogP contribution in [-0.4, -0.2) is 53.7 Å². The molecule has 2 atom stereocenters. The van der Waals surface area contributed by atoms with Crippen LogP contribution in [0.15, 0.2) is 29.2 Å². The Bertz CT molecular complexity index is 830. The highest BCUT2D eigenvalue weighted by Gasteiger charge is 2.55. The number of urea groups is 1. The molecule has 0 unspecified atom stereocenters. The quantitative estimate of drug-likeness (QED) is 0.417. The van der Waals surface area contributed by atoms with Crippen LogP contribution in [0.5, 0.6) is 0 Å². The van der Waals surface area contributed by atoms with Crippen LogP contribution in [0.1, 0.15) is 32.6 Å². The topological polar surface area (TPSA) is 105 Å². The fourth-order valence-electron chi connectivity index (χ4n) is 3.89. The van der Waals surface area contributed by atoms with Crippen LogP contribution in [0.25, 0.3) is 0 Å². The Kier molecular flexibility index (Phi) is 6.46. The number of imide groups is 1. The molecule has 8 nitrogen and oxygen atoms in total. The van der Waals surface area contributed by atoms with Gasteiger partial charge in [-0.1, -0.05) is 31.9 Å². The molecule has 9 heteroatoms. The molecule has 1 aromatic rings. The van der Waals surface area contributed by atoms with Gasteiger partial charge in [0.05, 0.1) is 5.69 Å². The van der Waals surface area contributed by atoms with Crippen LogP contribution < -0.4 is 10.6 Å². The van der Waals surface area contributed by atoms with E-state index in [0.717, 1.165) is 29.1 Å². The number of nitrogens with zero attached hydrogens (tertiary/aromatic N) is 1. The predicted octanol–water partition coefficient (Wildman–Crippen LogP) is 2.39. The minimum atomic E-state index is -0.922. The molecular formula is C20H25N3O5S. The lowest BCUT2D eigenvalue weighted by molar-refractivity contribution is -0.150. The number of rotatable bonds is 6. The Hall–Kier alpha value is -2.55. The lowest BCUT2D eigenvalue weighted by atomic mass is 9.73. The number of ether oxygens (including phenoxy) is 1. The summed E-state index contributed by atoms with van der Waals surface area (Å²) in [6.45, 7) is 0.941. The summed E-state index contributed by atoms with van der Waals surface area (Å²) in [5.74, 6) is -1.67. The number of carbonyl (C=O) groups excluding carboxylic acids is 4. The van der Waals surface area contributed by atoms with Crippen molar-refractivity contribution in [2.24, 2.45) is 5.92 Å². The molecule has 1 aliphatic heterocycles. The normalized spacial score (nSPS) is 23.8. The van der Waals surface area contributed by atoms with Crippen LogP contribution in [0.2, 0.25) is 0 Å². The minimum Gasteiger partial charge on any atom is -0.454 e. The van der Waals surface area contributed by atoms with Gasteiger partial charge < -0.3 is 15.4 Å². The molecule has 29 heavy (non-hydrogen) atoms. The summed E-state index contributed by atoms with van der Waals surface area (Å²) < 4.78 is 4.98. The van der Waals surface area contributed by atoms with Crippen molar-refractivity contribution in [2.45, 2.75) is 43.0 Å². The second-order valence-corrected chi connectivity index (χ2v) is 8.20. The van der Waals surface area contributed by atoms with E-state index in [4.69, 9.17) is 4.74 Å². The molecule has 1 saturated heterocycles. The van der Waals surface area contributed by atoms with E-state index in [1.165, 1.54) is 11.8 Å². The Morgan fingerprint density at radius 2 is 2.07 bits per heavy atom. The largest absolute Gasteiger partial charge is 0.454 e. The van der Waals surface area contributed by atoms with Crippen LogP contribution in [0, 0.1) is 5.92 Å². The van der Waals surface area contributed by atoms with Gasteiger partial charge in [0.2, 0.25) is 0 Å². The average molecular weight is 420 g/mol. The number of hydrogen-bond donors (Lipinski definition) is 2. The molecule has 156 valence electrons. The lowest BCUT2D eigenvalue weighted by Crippen LogP contribution is -2.54. The summed E-state index contributed by atoms with van der Waals surface area (Å²) in [6, 6.07) is 6.69. The first-order chi connectivity index (χ1) is 13.9.